The number of nitrogens with one attached hydrogen (secondary N) is 1. The highest BCUT2D eigenvalue weighted by Gasteiger charge is 2.18. The average Bonchev–Trinajstić information content (AvgIpc) is 2.42. The second-order valence-electron chi connectivity index (χ2n) is 5.04. The molecule has 1 aliphatic carbocycles. The minimum atomic E-state index is -1.21. The van der Waals surface area contributed by atoms with Crippen molar-refractivity contribution in [2.45, 2.75) is 44.7 Å². The van der Waals surface area contributed by atoms with E-state index >= 15 is 0 Å². The molecule has 0 bridgehead atoms. The summed E-state index contributed by atoms with van der Waals surface area (Å²) >= 11 is 0. The van der Waals surface area contributed by atoms with Gasteiger partial charge in [0.15, 0.2) is 0 Å². The molecule has 20 heavy (non-hydrogen) atoms. The summed E-state index contributed by atoms with van der Waals surface area (Å²) in [6, 6.07) is 4.09. The van der Waals surface area contributed by atoms with Crippen molar-refractivity contribution in [2.24, 2.45) is 0 Å². The molecule has 108 valence electrons. The summed E-state index contributed by atoms with van der Waals surface area (Å²) in [7, 11) is 0. The summed E-state index contributed by atoms with van der Waals surface area (Å²) in [5.41, 5.74) is -0.653. The summed E-state index contributed by atoms with van der Waals surface area (Å²) in [4.78, 5) is 34.7. The number of pyridine rings is 1. The molecule has 0 spiro atoms. The average molecular weight is 278 g/mol. The Morgan fingerprint density at radius 3 is 2.60 bits per heavy atom. The first kappa shape index (κ1) is 14.3. The highest BCUT2D eigenvalue weighted by molar-refractivity contribution is 5.86. The van der Waals surface area contributed by atoms with Crippen LogP contribution < -0.4 is 10.9 Å². The molecular formula is C14H18N2O4. The Hall–Kier alpha value is -2.11. The molecule has 6 nitrogen and oxygen atoms in total. The van der Waals surface area contributed by atoms with E-state index in [4.69, 9.17) is 5.11 Å². The fourth-order valence-corrected chi connectivity index (χ4v) is 2.53. The highest BCUT2D eigenvalue weighted by atomic mass is 16.4. The molecule has 0 saturated heterocycles. The number of carboxylic acids is 1. The maximum absolute atomic E-state index is 11.9. The van der Waals surface area contributed by atoms with E-state index in [1.165, 1.54) is 24.6 Å². The van der Waals surface area contributed by atoms with Gasteiger partial charge in [0.25, 0.3) is 5.56 Å². The zero-order valence-corrected chi connectivity index (χ0v) is 11.2. The van der Waals surface area contributed by atoms with E-state index in [1.54, 1.807) is 0 Å². The molecule has 6 heteroatoms. The van der Waals surface area contributed by atoms with Crippen LogP contribution in [0.1, 0.15) is 42.6 Å². The number of carboxylic acid groups (broad SMARTS) is 1. The van der Waals surface area contributed by atoms with Crippen molar-refractivity contribution in [3.05, 3.63) is 34.2 Å². The Morgan fingerprint density at radius 2 is 1.95 bits per heavy atom. The molecule has 1 aliphatic rings. The summed E-state index contributed by atoms with van der Waals surface area (Å²) < 4.78 is 0.987. The van der Waals surface area contributed by atoms with E-state index in [0.29, 0.717) is 0 Å². The summed E-state index contributed by atoms with van der Waals surface area (Å²) in [6.45, 7) is -0.252. The first-order valence-electron chi connectivity index (χ1n) is 6.80. The number of aromatic carboxylic acids is 1. The van der Waals surface area contributed by atoms with Gasteiger partial charge < -0.3 is 10.4 Å². The zero-order chi connectivity index (χ0) is 14.5. The van der Waals surface area contributed by atoms with Crippen LogP contribution in [0.5, 0.6) is 0 Å². The Bertz CT molecular complexity index is 559. The maximum Gasteiger partial charge on any atom is 0.352 e. The molecule has 0 atom stereocenters. The van der Waals surface area contributed by atoms with E-state index in [9.17, 15) is 14.4 Å². The maximum atomic E-state index is 11.9. The Labute approximate surface area is 116 Å². The van der Waals surface area contributed by atoms with Gasteiger partial charge in [-0.05, 0) is 18.9 Å². The molecule has 1 fully saturated rings. The van der Waals surface area contributed by atoms with Gasteiger partial charge >= 0.3 is 5.97 Å². The quantitative estimate of drug-likeness (QED) is 0.859. The van der Waals surface area contributed by atoms with Crippen molar-refractivity contribution in [1.29, 1.82) is 0 Å². The molecule has 1 saturated carbocycles. The van der Waals surface area contributed by atoms with Gasteiger partial charge in [-0.1, -0.05) is 25.3 Å². The van der Waals surface area contributed by atoms with Gasteiger partial charge in [-0.15, -0.1) is 0 Å². The van der Waals surface area contributed by atoms with E-state index in [-0.39, 0.29) is 24.2 Å². The van der Waals surface area contributed by atoms with Gasteiger partial charge in [-0.25, -0.2) is 4.79 Å². The SMILES string of the molecule is O=C(Cn1c(C(=O)O)cccc1=O)NC1CCCCC1. The van der Waals surface area contributed by atoms with Crippen molar-refractivity contribution < 1.29 is 14.7 Å². The summed E-state index contributed by atoms with van der Waals surface area (Å²) in [6.07, 6.45) is 5.27. The summed E-state index contributed by atoms with van der Waals surface area (Å²) in [5.74, 6) is -1.53. The van der Waals surface area contributed by atoms with Crippen molar-refractivity contribution >= 4 is 11.9 Å². The van der Waals surface area contributed by atoms with E-state index < -0.39 is 11.5 Å². The molecule has 1 amide bonds. The standard InChI is InChI=1S/C14H18N2O4/c17-12(15-10-5-2-1-3-6-10)9-16-11(14(19)20)7-4-8-13(16)18/h4,7-8,10H,1-3,5-6,9H2,(H,15,17)(H,19,20). The normalized spacial score (nSPS) is 15.8. The fourth-order valence-electron chi connectivity index (χ4n) is 2.53. The second-order valence-corrected chi connectivity index (χ2v) is 5.04. The molecule has 0 aliphatic heterocycles. The van der Waals surface area contributed by atoms with Crippen LogP contribution in [0.25, 0.3) is 0 Å². The first-order chi connectivity index (χ1) is 9.58. The Kier molecular flexibility index (Phi) is 4.55. The number of hydrogen-bond acceptors (Lipinski definition) is 3. The molecule has 0 unspecified atom stereocenters. The number of nitrogens with zero attached hydrogens (tertiary/aromatic N) is 1. The minimum absolute atomic E-state index is 0.143. The Morgan fingerprint density at radius 1 is 1.25 bits per heavy atom. The molecule has 2 rings (SSSR count). The largest absolute Gasteiger partial charge is 0.477 e. The number of aromatic nitrogens is 1. The summed E-state index contributed by atoms with van der Waals surface area (Å²) in [5, 5.41) is 11.9. The van der Waals surface area contributed by atoms with Gasteiger partial charge in [-0.3, -0.25) is 14.2 Å². The van der Waals surface area contributed by atoms with Crippen LogP contribution in [0, 0.1) is 0 Å². The van der Waals surface area contributed by atoms with Crippen LogP contribution in [-0.4, -0.2) is 27.6 Å². The van der Waals surface area contributed by atoms with Gasteiger partial charge in [-0.2, -0.15) is 0 Å². The number of carbonyl (C=O) groups is 2. The van der Waals surface area contributed by atoms with Crippen molar-refractivity contribution in [3.63, 3.8) is 0 Å². The minimum Gasteiger partial charge on any atom is -0.477 e. The molecule has 1 aromatic heterocycles. The Balaban J connectivity index is 2.07. The van der Waals surface area contributed by atoms with Crippen molar-refractivity contribution in [1.82, 2.24) is 9.88 Å². The number of carbonyl (C=O) groups excluding carboxylic acids is 1. The van der Waals surface area contributed by atoms with Crippen molar-refractivity contribution in [3.8, 4) is 0 Å². The molecule has 1 aromatic rings. The van der Waals surface area contributed by atoms with Gasteiger partial charge in [0, 0.05) is 12.1 Å². The molecule has 2 N–H and O–H groups in total. The lowest BCUT2D eigenvalue weighted by Gasteiger charge is -2.23. The second kappa shape index (κ2) is 6.36. The van der Waals surface area contributed by atoms with E-state index in [0.717, 1.165) is 30.3 Å². The highest BCUT2D eigenvalue weighted by Crippen LogP contribution is 2.17. The van der Waals surface area contributed by atoms with Crippen molar-refractivity contribution in [2.75, 3.05) is 0 Å². The third kappa shape index (κ3) is 3.46. The number of amides is 1. The van der Waals surface area contributed by atoms with Crippen LogP contribution in [0.3, 0.4) is 0 Å². The molecular weight excluding hydrogens is 260 g/mol. The zero-order valence-electron chi connectivity index (χ0n) is 11.2. The predicted octanol–water partition coefficient (Wildman–Crippen LogP) is 0.995. The molecule has 1 heterocycles. The fraction of sp³-hybridized carbons (Fsp3) is 0.500. The van der Waals surface area contributed by atoms with Crippen LogP contribution >= 0.6 is 0 Å². The van der Waals surface area contributed by atoms with Crippen LogP contribution in [0.2, 0.25) is 0 Å². The van der Waals surface area contributed by atoms with E-state index in [1.807, 2.05) is 0 Å². The lowest BCUT2D eigenvalue weighted by Crippen LogP contribution is -2.40. The molecule has 0 radical (unpaired) electrons. The smallest absolute Gasteiger partial charge is 0.352 e. The topological polar surface area (TPSA) is 88.4 Å². The van der Waals surface area contributed by atoms with Gasteiger partial charge in [0.2, 0.25) is 5.91 Å². The molecule has 0 aromatic carbocycles. The van der Waals surface area contributed by atoms with E-state index in [2.05, 4.69) is 5.32 Å². The predicted molar refractivity (Wildman–Crippen MR) is 72.7 cm³/mol. The van der Waals surface area contributed by atoms with Crippen LogP contribution in [0.4, 0.5) is 0 Å². The lowest BCUT2D eigenvalue weighted by atomic mass is 9.95. The third-order valence-electron chi connectivity index (χ3n) is 3.54. The van der Waals surface area contributed by atoms with Crippen LogP contribution in [0.15, 0.2) is 23.0 Å². The first-order valence-corrected chi connectivity index (χ1v) is 6.80. The number of rotatable bonds is 4. The lowest BCUT2D eigenvalue weighted by molar-refractivity contribution is -0.122. The van der Waals surface area contributed by atoms with Gasteiger partial charge in [0.05, 0.1) is 0 Å². The number of hydrogen-bond donors (Lipinski definition) is 2. The van der Waals surface area contributed by atoms with Gasteiger partial charge in [0.1, 0.15) is 12.2 Å². The van der Waals surface area contributed by atoms with Crippen LogP contribution in [-0.2, 0) is 11.3 Å². The monoisotopic (exact) mass is 278 g/mol. The third-order valence-corrected chi connectivity index (χ3v) is 3.54.